The van der Waals surface area contributed by atoms with E-state index in [1.165, 1.54) is 51.9 Å². The zero-order valence-corrected chi connectivity index (χ0v) is 13.1. The SMILES string of the molecule is [Ca].[Ca][Ca+].[H-].[H-].[Pb]. The predicted molar refractivity (Wildman–Crippen MR) is 25.2 cm³/mol. The van der Waals surface area contributed by atoms with E-state index in [-0.39, 0.29) is 67.9 Å². The summed E-state index contributed by atoms with van der Waals surface area (Å²) in [5.41, 5.74) is 0. The summed E-state index contributed by atoms with van der Waals surface area (Å²) in [5, 5.41) is 0. The molecule has 0 aromatic heterocycles. The van der Waals surface area contributed by atoms with Gasteiger partial charge in [0.2, 0.25) is 0 Å². The molecule has 0 heterocycles. The molecule has 0 rings (SSSR count). The largest absolute Gasteiger partial charge is 1.00 e. The minimum atomic E-state index is 0. The first-order chi connectivity index (χ1) is 1.00. The molecular formula is H2Ca3Pb-. The van der Waals surface area contributed by atoms with E-state index in [9.17, 15) is 0 Å². The van der Waals surface area contributed by atoms with Crippen LogP contribution in [-0.4, -0.2) is 117 Å². The third-order valence-electron chi connectivity index (χ3n) is 0. The molecule has 0 aliphatic carbocycles. The first-order valence-electron chi connectivity index (χ1n) is 0.500. The zero-order chi connectivity index (χ0) is 2.00. The van der Waals surface area contributed by atoms with E-state index in [1.807, 2.05) is 0 Å². The third-order valence-corrected chi connectivity index (χ3v) is 0. The van der Waals surface area contributed by atoms with Gasteiger partial charge in [0.15, 0.2) is 0 Å². The fourth-order valence-corrected chi connectivity index (χ4v) is 0. The van der Waals surface area contributed by atoms with Crippen molar-refractivity contribution in [1.82, 2.24) is 0 Å². The van der Waals surface area contributed by atoms with Crippen molar-refractivity contribution in [3.05, 3.63) is 0 Å². The third kappa shape index (κ3) is 9.86. The fraction of sp³-hybridized carbons (Fsp3) is 0. The van der Waals surface area contributed by atoms with Gasteiger partial charge in [0.05, 0.1) is 0 Å². The topological polar surface area (TPSA) is 0 Å². The van der Waals surface area contributed by atoms with E-state index in [4.69, 9.17) is 0 Å². The smallest absolute Gasteiger partial charge is 0 e. The molecule has 0 aromatic rings. The first kappa shape index (κ1) is 15.9. The quantitative estimate of drug-likeness (QED) is 0.485. The van der Waals surface area contributed by atoms with Crippen molar-refractivity contribution in [2.45, 2.75) is 0 Å². The van der Waals surface area contributed by atoms with Gasteiger partial charge < -0.3 is 2.85 Å². The molecule has 0 amide bonds. The van der Waals surface area contributed by atoms with Crippen LogP contribution in [-0.2, 0) is 0 Å². The maximum atomic E-state index is 1.50. The molecule has 0 spiro atoms. The molecule has 0 nitrogen and oxygen atoms in total. The van der Waals surface area contributed by atoms with E-state index in [2.05, 4.69) is 0 Å². The van der Waals surface area contributed by atoms with Gasteiger partial charge in [-0.3, -0.25) is 0 Å². The molecule has 4 heavy (non-hydrogen) atoms. The van der Waals surface area contributed by atoms with Gasteiger partial charge in [0.1, 0.15) is 0 Å². The summed E-state index contributed by atoms with van der Waals surface area (Å²) in [4.78, 5) is 0. The molecule has 0 bridgehead atoms. The summed E-state index contributed by atoms with van der Waals surface area (Å²) < 4.78 is 0. The van der Waals surface area contributed by atoms with Gasteiger partial charge in [-0.2, -0.15) is 0 Å². The van der Waals surface area contributed by atoms with Gasteiger partial charge in [-0.05, 0) is 0 Å². The van der Waals surface area contributed by atoms with Crippen LogP contribution < -0.4 is 0 Å². The van der Waals surface area contributed by atoms with Gasteiger partial charge in [0.25, 0.3) is 0 Å². The van der Waals surface area contributed by atoms with Crippen molar-refractivity contribution in [3.8, 4) is 0 Å². The molecule has 0 atom stereocenters. The average molecular weight is 329 g/mol. The van der Waals surface area contributed by atoms with Gasteiger partial charge in [-0.15, -0.1) is 0 Å². The van der Waals surface area contributed by atoms with Crippen LogP contribution in [0.2, 0.25) is 0 Å². The van der Waals surface area contributed by atoms with Crippen molar-refractivity contribution < 1.29 is 2.85 Å². The fourth-order valence-electron chi connectivity index (χ4n) is 0. The van der Waals surface area contributed by atoms with Crippen LogP contribution >= 0.6 is 0 Å². The maximum absolute atomic E-state index is 1.50. The molecule has 0 aliphatic rings. The molecule has 0 aromatic carbocycles. The Hall–Kier alpha value is 4.70. The Kier molecular flexibility index (Phi) is 62.1. The van der Waals surface area contributed by atoms with Crippen LogP contribution in [0.15, 0.2) is 0 Å². The van der Waals surface area contributed by atoms with Crippen molar-refractivity contribution in [1.29, 1.82) is 0 Å². The van der Waals surface area contributed by atoms with Gasteiger partial charge >= 0.3 is 51.9 Å². The number of hydrogen-bond acceptors (Lipinski definition) is 0. The molecule has 0 fully saturated rings. The standard InChI is InChI=1S/3Ca.Pb.2H/q;;+1;;2*-1. The summed E-state index contributed by atoms with van der Waals surface area (Å²) in [6, 6.07) is 0. The van der Waals surface area contributed by atoms with Crippen molar-refractivity contribution >= 4 is 117 Å². The van der Waals surface area contributed by atoms with Gasteiger partial charge in [-0.1, -0.05) is 0 Å². The molecule has 0 saturated carbocycles. The van der Waals surface area contributed by atoms with Gasteiger partial charge in [-0.25, -0.2) is 0 Å². The van der Waals surface area contributed by atoms with Crippen LogP contribution in [0, 0.1) is 0 Å². The Balaban J connectivity index is -0.000000000833. The monoisotopic (exact) mass is 330 g/mol. The van der Waals surface area contributed by atoms with Crippen LogP contribution in [0.1, 0.15) is 2.85 Å². The molecule has 0 aliphatic heterocycles. The van der Waals surface area contributed by atoms with Crippen LogP contribution in [0.4, 0.5) is 0 Å². The van der Waals surface area contributed by atoms with Gasteiger partial charge in [0, 0.05) is 65.0 Å². The second-order valence-electron chi connectivity index (χ2n) is 0. The molecule has 4 heteroatoms. The maximum Gasteiger partial charge on any atom is 0 e. The Morgan fingerprint density at radius 1 is 1.50 bits per heavy atom. The summed E-state index contributed by atoms with van der Waals surface area (Å²) in [6.45, 7) is 0. The predicted octanol–water partition coefficient (Wildman–Crippen LogP) is -1.30. The normalized spacial score (nSPS) is 1.25. The van der Waals surface area contributed by atoms with Crippen molar-refractivity contribution in [2.24, 2.45) is 0 Å². The van der Waals surface area contributed by atoms with E-state index < -0.39 is 0 Å². The Morgan fingerprint density at radius 3 is 1.50 bits per heavy atom. The molecule has 0 saturated heterocycles. The van der Waals surface area contributed by atoms with Crippen molar-refractivity contribution in [2.75, 3.05) is 0 Å². The summed E-state index contributed by atoms with van der Waals surface area (Å²) in [6.07, 6.45) is 0. The second-order valence-corrected chi connectivity index (χ2v) is 0. The molecule has 13 valence electrons. The van der Waals surface area contributed by atoms with Crippen LogP contribution in [0.5, 0.6) is 0 Å². The summed E-state index contributed by atoms with van der Waals surface area (Å²) in [7, 11) is 0. The summed E-state index contributed by atoms with van der Waals surface area (Å²) in [5.74, 6) is 0. The zero-order valence-electron chi connectivity index (χ0n) is 4.62. The van der Waals surface area contributed by atoms with E-state index in [0.29, 0.717) is 0 Å². The average Bonchev–Trinajstić information content (AvgIpc) is 1.00. The second kappa shape index (κ2) is 15.6. The number of hydrogen-bond donors (Lipinski definition) is 0. The van der Waals surface area contributed by atoms with Crippen LogP contribution in [0.25, 0.3) is 0 Å². The van der Waals surface area contributed by atoms with E-state index >= 15 is 0 Å². The van der Waals surface area contributed by atoms with Crippen molar-refractivity contribution in [3.63, 3.8) is 0 Å². The first-order valence-corrected chi connectivity index (χ1v) is 8.50. The van der Waals surface area contributed by atoms with E-state index in [1.54, 1.807) is 0 Å². The minimum Gasteiger partial charge on any atom is -1.00 e. The van der Waals surface area contributed by atoms with E-state index in [0.717, 1.165) is 0 Å². The molecular weight excluding hydrogens is 327 g/mol. The Labute approximate surface area is 115 Å². The minimum absolute atomic E-state index is 0. The molecule has 7 radical (unpaired) electrons. The van der Waals surface area contributed by atoms with Crippen LogP contribution in [0.3, 0.4) is 0 Å². The molecule has 0 unspecified atom stereocenters. The molecule has 0 N–H and O–H groups in total. The summed E-state index contributed by atoms with van der Waals surface area (Å²) >= 11 is 3.00. The Bertz CT molecular complexity index is 8.75. The number of rotatable bonds is 0. The Morgan fingerprint density at radius 2 is 1.50 bits per heavy atom.